The molecule has 5 rings (SSSR count). The number of nitrogens with zero attached hydrogens (tertiary/aromatic N) is 4. The van der Waals surface area contributed by atoms with E-state index >= 15 is 0 Å². The van der Waals surface area contributed by atoms with Gasteiger partial charge in [0.15, 0.2) is 5.82 Å². The average Bonchev–Trinajstić information content (AvgIpc) is 3.24. The summed E-state index contributed by atoms with van der Waals surface area (Å²) in [5.74, 6) is 4.11. The normalized spacial score (nSPS) is 19.2. The number of ether oxygens (including phenoxy) is 1. The summed E-state index contributed by atoms with van der Waals surface area (Å²) in [6.45, 7) is 1.78. The van der Waals surface area contributed by atoms with E-state index in [0.29, 0.717) is 51.8 Å². The van der Waals surface area contributed by atoms with E-state index in [4.69, 9.17) is 4.74 Å². The van der Waals surface area contributed by atoms with Gasteiger partial charge in [-0.2, -0.15) is 5.10 Å². The van der Waals surface area contributed by atoms with Gasteiger partial charge in [-0.3, -0.25) is 9.52 Å². The molecule has 1 atom stereocenters. The Hall–Kier alpha value is -3.96. The number of aromatic nitrogens is 4. The number of hydrogen-bond donors (Lipinski definition) is 3. The van der Waals surface area contributed by atoms with Crippen molar-refractivity contribution < 1.29 is 18.8 Å². The number of rotatable bonds is 7. The third-order valence-corrected chi connectivity index (χ3v) is 7.95. The Morgan fingerprint density at radius 1 is 1.14 bits per heavy atom. The first-order chi connectivity index (χ1) is 17.8. The number of aryl methyl sites for hydroxylation is 1. The third kappa shape index (κ3) is 5.27. The van der Waals surface area contributed by atoms with Gasteiger partial charge in [0.05, 0.1) is 21.4 Å². The van der Waals surface area contributed by atoms with Crippen LogP contribution in [0.4, 0.5) is 11.5 Å². The molecule has 37 heavy (non-hydrogen) atoms. The zero-order valence-corrected chi connectivity index (χ0v) is 21.1. The second-order valence-electron chi connectivity index (χ2n) is 9.02. The quantitative estimate of drug-likeness (QED) is 0.317. The van der Waals surface area contributed by atoms with Crippen LogP contribution < -0.4 is 14.8 Å². The lowest BCUT2D eigenvalue weighted by Gasteiger charge is -2.26. The molecule has 1 unspecified atom stereocenters. The van der Waals surface area contributed by atoms with Crippen molar-refractivity contribution in [3.05, 3.63) is 72.3 Å². The molecule has 1 aromatic carbocycles. The highest BCUT2D eigenvalue weighted by Gasteiger charge is 2.24. The highest BCUT2D eigenvalue weighted by atomic mass is 32.2. The van der Waals surface area contributed by atoms with Gasteiger partial charge in [-0.1, -0.05) is 18.2 Å². The van der Waals surface area contributed by atoms with Crippen LogP contribution in [0, 0.1) is 6.92 Å². The molecule has 0 saturated heterocycles. The first-order valence-corrected chi connectivity index (χ1v) is 13.7. The average molecular weight is 521 g/mol. The van der Waals surface area contributed by atoms with Gasteiger partial charge in [0, 0.05) is 17.3 Å². The number of carbonyl (C=O) groups excluding carboxylic acids is 1. The molecule has 192 valence electrons. The van der Waals surface area contributed by atoms with Gasteiger partial charge in [0.1, 0.15) is 23.6 Å². The van der Waals surface area contributed by atoms with E-state index in [1.807, 2.05) is 6.07 Å². The van der Waals surface area contributed by atoms with Crippen LogP contribution in [0.5, 0.6) is 5.88 Å². The van der Waals surface area contributed by atoms with Crippen LogP contribution in [0.3, 0.4) is 0 Å². The Bertz CT molecular complexity index is 1530. The Morgan fingerprint density at radius 3 is 2.65 bits per heavy atom. The van der Waals surface area contributed by atoms with Crippen LogP contribution in [-0.2, 0) is 9.71 Å². The summed E-state index contributed by atoms with van der Waals surface area (Å²) >= 11 is 0. The second-order valence-corrected chi connectivity index (χ2v) is 11.0. The molecule has 3 aromatic heterocycles. The van der Waals surface area contributed by atoms with Crippen LogP contribution >= 0.6 is 0 Å². The lowest BCUT2D eigenvalue weighted by atomic mass is 9.95. The molecule has 1 fully saturated rings. The number of aliphatic hydroxyl groups is 1. The lowest BCUT2D eigenvalue weighted by molar-refractivity contribution is 0.0647. The topological polar surface area (TPSA) is 131 Å². The van der Waals surface area contributed by atoms with Gasteiger partial charge < -0.3 is 15.2 Å². The zero-order valence-electron chi connectivity index (χ0n) is 20.3. The fourth-order valence-electron chi connectivity index (χ4n) is 4.41. The maximum Gasteiger partial charge on any atom is 0.264 e. The number of anilines is 2. The molecule has 0 spiro atoms. The Balaban J connectivity index is 1.41. The fourth-order valence-corrected chi connectivity index (χ4v) is 5.54. The van der Waals surface area contributed by atoms with E-state index in [1.54, 1.807) is 60.2 Å². The molecule has 0 radical (unpaired) electrons. The van der Waals surface area contributed by atoms with E-state index in [0.717, 1.165) is 12.8 Å². The maximum atomic E-state index is 13.1. The summed E-state index contributed by atoms with van der Waals surface area (Å²) < 4.78 is 23.4. The number of pyridine rings is 1. The van der Waals surface area contributed by atoms with Gasteiger partial charge in [0.2, 0.25) is 5.88 Å². The number of nitrogens with one attached hydrogen (secondary N) is 2. The number of benzene rings is 1. The van der Waals surface area contributed by atoms with Crippen LogP contribution in [0.1, 0.15) is 41.6 Å². The highest BCUT2D eigenvalue weighted by molar-refractivity contribution is 7.99. The summed E-state index contributed by atoms with van der Waals surface area (Å²) in [6.07, 6.45) is 7.21. The Morgan fingerprint density at radius 2 is 1.89 bits per heavy atom. The Labute approximate surface area is 214 Å². The van der Waals surface area contributed by atoms with E-state index < -0.39 is 15.6 Å². The molecule has 1 aliphatic carbocycles. The minimum Gasteiger partial charge on any atom is -0.473 e. The first-order valence-electron chi connectivity index (χ1n) is 12.0. The van der Waals surface area contributed by atoms with Crippen LogP contribution in [0.15, 0.2) is 66.1 Å². The molecule has 3 N–H and O–H groups in total. The molecule has 10 nitrogen and oxygen atoms in total. The van der Waals surface area contributed by atoms with Crippen molar-refractivity contribution in [2.45, 2.75) is 49.7 Å². The monoisotopic (exact) mass is 520 g/mol. The van der Waals surface area contributed by atoms with Gasteiger partial charge in [-0.15, -0.1) is 0 Å². The number of fused-ring (bicyclic) bond motifs is 1. The van der Waals surface area contributed by atoms with E-state index in [9.17, 15) is 14.1 Å². The molecule has 3 heterocycles. The second kappa shape index (κ2) is 10.2. The number of amides is 1. The molecule has 1 aliphatic rings. The van der Waals surface area contributed by atoms with Gasteiger partial charge >= 0.3 is 0 Å². The number of aliphatic hydroxyl groups excluding tert-OH is 1. The molecule has 1 amide bonds. The number of carbonyl (C=O) groups is 1. The molecule has 0 aliphatic heterocycles. The fraction of sp³-hybridized carbons (Fsp3) is 0.269. The van der Waals surface area contributed by atoms with Crippen molar-refractivity contribution in [2.24, 2.45) is 0 Å². The summed E-state index contributed by atoms with van der Waals surface area (Å²) in [5.41, 5.74) is 2.11. The molecule has 4 aromatic rings. The summed E-state index contributed by atoms with van der Waals surface area (Å²) in [4.78, 5) is 22.4. The lowest BCUT2D eigenvalue weighted by Crippen LogP contribution is -2.30. The maximum absolute atomic E-state index is 13.1. The minimum atomic E-state index is -3.04. The van der Waals surface area contributed by atoms with E-state index in [1.165, 1.54) is 6.33 Å². The predicted octanol–water partition coefficient (Wildman–Crippen LogP) is 3.28. The van der Waals surface area contributed by atoms with Crippen LogP contribution in [0.25, 0.3) is 5.52 Å². The summed E-state index contributed by atoms with van der Waals surface area (Å²) in [5, 5.41) is 17.3. The predicted molar refractivity (Wildman–Crippen MR) is 142 cm³/mol. The van der Waals surface area contributed by atoms with Crippen molar-refractivity contribution in [3.63, 3.8) is 0 Å². The molecular formula is C26H28N6O4S. The van der Waals surface area contributed by atoms with Crippen molar-refractivity contribution in [2.75, 3.05) is 5.32 Å². The van der Waals surface area contributed by atoms with Gasteiger partial charge in [-0.05, 0) is 68.3 Å². The van der Waals surface area contributed by atoms with Crippen molar-refractivity contribution in [1.82, 2.24) is 24.3 Å². The highest BCUT2D eigenvalue weighted by Crippen LogP contribution is 2.31. The zero-order chi connectivity index (χ0) is 26.0. The first kappa shape index (κ1) is 24.7. The van der Waals surface area contributed by atoms with Crippen LogP contribution in [-0.4, -0.2) is 52.9 Å². The molecule has 11 heteroatoms. The van der Waals surface area contributed by atoms with Crippen molar-refractivity contribution in [3.8, 4) is 5.88 Å². The smallest absolute Gasteiger partial charge is 0.264 e. The van der Waals surface area contributed by atoms with Crippen molar-refractivity contribution in [1.29, 1.82) is 0 Å². The van der Waals surface area contributed by atoms with Crippen LogP contribution in [0.2, 0.25) is 0 Å². The summed E-state index contributed by atoms with van der Waals surface area (Å²) in [6, 6.07) is 12.2. The van der Waals surface area contributed by atoms with Gasteiger partial charge in [0.25, 0.3) is 5.91 Å². The molecule has 0 bridgehead atoms. The SMILES string of the molecule is C=S(=O)(NC(=O)c1cn2ncnc(Nc3cccnc3OC3CCC(O)CC3)c2c1C)c1ccccc1. The standard InChI is InChI=1S/C26H28N6O4S/c1-17-21(25(34)31-37(2,35)20-7-4-3-5-8-20)15-32-23(17)24(28-16-29-32)30-22-9-6-14-27-26(22)36-19-12-10-18(33)11-13-19/h3-9,14-16,18-19,33H,2,10-13H2,1H3,(H,28,29,30)(H,31,34,35). The van der Waals surface area contributed by atoms with E-state index in [-0.39, 0.29) is 12.2 Å². The molecule has 1 saturated carbocycles. The van der Waals surface area contributed by atoms with Gasteiger partial charge in [-0.25, -0.2) is 18.7 Å². The largest absolute Gasteiger partial charge is 0.473 e. The van der Waals surface area contributed by atoms with E-state index in [2.05, 4.69) is 31.0 Å². The number of hydrogen-bond acceptors (Lipinski definition) is 8. The Kier molecular flexibility index (Phi) is 6.81. The minimum absolute atomic E-state index is 0.0308. The van der Waals surface area contributed by atoms with Crippen molar-refractivity contribution >= 4 is 38.5 Å². The summed E-state index contributed by atoms with van der Waals surface area (Å²) in [7, 11) is -3.04. The third-order valence-electron chi connectivity index (χ3n) is 6.40. The molecular weight excluding hydrogens is 492 g/mol.